The van der Waals surface area contributed by atoms with E-state index >= 15 is 0 Å². The highest BCUT2D eigenvalue weighted by molar-refractivity contribution is 5.81. The topological polar surface area (TPSA) is 26.3 Å². The van der Waals surface area contributed by atoms with Crippen LogP contribution in [0.15, 0.2) is 0 Å². The van der Waals surface area contributed by atoms with Crippen LogP contribution < -0.4 is 0 Å². The Bertz CT molecular complexity index is 245. The lowest BCUT2D eigenvalue weighted by Crippen LogP contribution is -2.27. The van der Waals surface area contributed by atoms with Crippen LogP contribution in [0.5, 0.6) is 0 Å². The molecule has 0 spiro atoms. The maximum atomic E-state index is 12.2. The zero-order chi connectivity index (χ0) is 12.9. The minimum absolute atomic E-state index is 0.158. The average molecular weight is 240 g/mol. The van der Waals surface area contributed by atoms with E-state index < -0.39 is 0 Å². The van der Waals surface area contributed by atoms with Crippen molar-refractivity contribution in [2.75, 3.05) is 7.11 Å². The predicted octanol–water partition coefficient (Wildman–Crippen LogP) is 3.98. The molecule has 2 atom stereocenters. The SMILES string of the molecule is CCC1CCCC(C(=O)CCC(C)(C)OC)C1. The summed E-state index contributed by atoms with van der Waals surface area (Å²) in [6, 6.07) is 0. The molecule has 0 aromatic heterocycles. The van der Waals surface area contributed by atoms with E-state index in [2.05, 4.69) is 20.8 Å². The third kappa shape index (κ3) is 4.79. The van der Waals surface area contributed by atoms with Gasteiger partial charge in [0, 0.05) is 19.4 Å². The van der Waals surface area contributed by atoms with E-state index in [4.69, 9.17) is 4.74 Å². The summed E-state index contributed by atoms with van der Waals surface area (Å²) < 4.78 is 5.37. The summed E-state index contributed by atoms with van der Waals surface area (Å²) in [6.45, 7) is 6.34. The number of rotatable bonds is 6. The molecule has 0 bridgehead atoms. The lowest BCUT2D eigenvalue weighted by Gasteiger charge is -2.29. The summed E-state index contributed by atoms with van der Waals surface area (Å²) in [4.78, 5) is 12.2. The van der Waals surface area contributed by atoms with Gasteiger partial charge in [0.05, 0.1) is 5.60 Å². The van der Waals surface area contributed by atoms with Gasteiger partial charge in [-0.2, -0.15) is 0 Å². The van der Waals surface area contributed by atoms with Gasteiger partial charge in [-0.05, 0) is 39.0 Å². The van der Waals surface area contributed by atoms with Crippen molar-refractivity contribution in [2.45, 2.75) is 71.3 Å². The second-order valence-electron chi connectivity index (χ2n) is 6.07. The first-order valence-electron chi connectivity index (χ1n) is 7.06. The molecule has 1 aliphatic rings. The molecule has 100 valence electrons. The Kier molecular flexibility index (Phi) is 5.64. The molecule has 0 aliphatic heterocycles. The highest BCUT2D eigenvalue weighted by atomic mass is 16.5. The van der Waals surface area contributed by atoms with Crippen LogP contribution in [0.4, 0.5) is 0 Å². The minimum Gasteiger partial charge on any atom is -0.379 e. The highest BCUT2D eigenvalue weighted by Crippen LogP contribution is 2.32. The van der Waals surface area contributed by atoms with Gasteiger partial charge in [0.2, 0.25) is 0 Å². The van der Waals surface area contributed by atoms with Gasteiger partial charge in [0.1, 0.15) is 5.78 Å². The monoisotopic (exact) mass is 240 g/mol. The van der Waals surface area contributed by atoms with E-state index in [1.165, 1.54) is 19.3 Å². The molecule has 0 N–H and O–H groups in total. The average Bonchev–Trinajstić information content (AvgIpc) is 2.36. The summed E-state index contributed by atoms with van der Waals surface area (Å²) >= 11 is 0. The van der Waals surface area contributed by atoms with E-state index in [-0.39, 0.29) is 5.60 Å². The number of carbonyl (C=O) groups excluding carboxylic acids is 1. The predicted molar refractivity (Wildman–Crippen MR) is 71.1 cm³/mol. The highest BCUT2D eigenvalue weighted by Gasteiger charge is 2.27. The fourth-order valence-electron chi connectivity index (χ4n) is 2.68. The van der Waals surface area contributed by atoms with E-state index in [1.807, 2.05) is 0 Å². The van der Waals surface area contributed by atoms with Crippen LogP contribution in [-0.2, 0) is 9.53 Å². The molecule has 1 saturated carbocycles. The van der Waals surface area contributed by atoms with Crippen LogP contribution in [0, 0.1) is 11.8 Å². The fraction of sp³-hybridized carbons (Fsp3) is 0.933. The molecule has 1 rings (SSSR count). The lowest BCUT2D eigenvalue weighted by molar-refractivity contribution is -0.125. The summed E-state index contributed by atoms with van der Waals surface area (Å²) in [7, 11) is 1.72. The Hall–Kier alpha value is -0.370. The second kappa shape index (κ2) is 6.53. The first-order valence-corrected chi connectivity index (χ1v) is 7.06. The van der Waals surface area contributed by atoms with Crippen molar-refractivity contribution >= 4 is 5.78 Å². The molecule has 17 heavy (non-hydrogen) atoms. The van der Waals surface area contributed by atoms with Crippen molar-refractivity contribution < 1.29 is 9.53 Å². The van der Waals surface area contributed by atoms with Gasteiger partial charge < -0.3 is 4.74 Å². The maximum Gasteiger partial charge on any atom is 0.136 e. The first-order chi connectivity index (χ1) is 7.98. The maximum absolute atomic E-state index is 12.2. The van der Waals surface area contributed by atoms with E-state index in [9.17, 15) is 4.79 Å². The van der Waals surface area contributed by atoms with E-state index in [0.29, 0.717) is 18.1 Å². The number of ether oxygens (including phenoxy) is 1. The number of carbonyl (C=O) groups is 1. The van der Waals surface area contributed by atoms with Crippen LogP contribution in [0.25, 0.3) is 0 Å². The standard InChI is InChI=1S/C15H28O2/c1-5-12-7-6-8-13(11-12)14(16)9-10-15(2,3)17-4/h12-13H,5-11H2,1-4H3. The quantitative estimate of drug-likeness (QED) is 0.702. The van der Waals surface area contributed by atoms with Crippen molar-refractivity contribution in [3.63, 3.8) is 0 Å². The molecular formula is C15H28O2. The largest absolute Gasteiger partial charge is 0.379 e. The Morgan fingerprint density at radius 3 is 2.65 bits per heavy atom. The Labute approximate surface area is 106 Å². The van der Waals surface area contributed by atoms with Crippen molar-refractivity contribution in [2.24, 2.45) is 11.8 Å². The van der Waals surface area contributed by atoms with Crippen molar-refractivity contribution in [1.29, 1.82) is 0 Å². The molecule has 0 saturated heterocycles. The molecule has 2 nitrogen and oxygen atoms in total. The van der Waals surface area contributed by atoms with E-state index in [1.54, 1.807) is 7.11 Å². The summed E-state index contributed by atoms with van der Waals surface area (Å²) in [5, 5.41) is 0. The molecule has 0 aromatic carbocycles. The van der Waals surface area contributed by atoms with Crippen LogP contribution in [0.1, 0.15) is 65.7 Å². The van der Waals surface area contributed by atoms with Gasteiger partial charge in [0.25, 0.3) is 0 Å². The molecule has 1 aliphatic carbocycles. The van der Waals surface area contributed by atoms with Crippen LogP contribution in [-0.4, -0.2) is 18.5 Å². The van der Waals surface area contributed by atoms with Gasteiger partial charge in [-0.3, -0.25) is 4.79 Å². The van der Waals surface area contributed by atoms with E-state index in [0.717, 1.165) is 25.2 Å². The number of hydrogen-bond acceptors (Lipinski definition) is 2. The molecule has 0 heterocycles. The number of Topliss-reactive ketones (excluding diaryl/α,β-unsaturated/α-hetero) is 1. The van der Waals surface area contributed by atoms with Gasteiger partial charge >= 0.3 is 0 Å². The number of hydrogen-bond donors (Lipinski definition) is 0. The van der Waals surface area contributed by atoms with Crippen molar-refractivity contribution in [3.8, 4) is 0 Å². The van der Waals surface area contributed by atoms with Crippen molar-refractivity contribution in [1.82, 2.24) is 0 Å². The van der Waals surface area contributed by atoms with Crippen molar-refractivity contribution in [3.05, 3.63) is 0 Å². The third-order valence-electron chi connectivity index (χ3n) is 4.34. The number of ketones is 1. The van der Waals surface area contributed by atoms with Gasteiger partial charge in [0.15, 0.2) is 0 Å². The lowest BCUT2D eigenvalue weighted by atomic mass is 9.77. The number of methoxy groups -OCH3 is 1. The normalized spacial score (nSPS) is 25.9. The molecule has 0 aromatic rings. The zero-order valence-corrected chi connectivity index (χ0v) is 11.9. The minimum atomic E-state index is -0.158. The molecule has 0 amide bonds. The molecule has 2 heteroatoms. The Morgan fingerprint density at radius 2 is 2.06 bits per heavy atom. The first kappa shape index (κ1) is 14.7. The van der Waals surface area contributed by atoms with Crippen LogP contribution >= 0.6 is 0 Å². The van der Waals surface area contributed by atoms with Gasteiger partial charge in [-0.1, -0.05) is 26.2 Å². The van der Waals surface area contributed by atoms with Gasteiger partial charge in [-0.15, -0.1) is 0 Å². The second-order valence-corrected chi connectivity index (χ2v) is 6.07. The molecule has 2 unspecified atom stereocenters. The van der Waals surface area contributed by atoms with Crippen LogP contribution in [0.3, 0.4) is 0 Å². The fourth-order valence-corrected chi connectivity index (χ4v) is 2.68. The Morgan fingerprint density at radius 1 is 1.35 bits per heavy atom. The smallest absolute Gasteiger partial charge is 0.136 e. The summed E-state index contributed by atoms with van der Waals surface area (Å²) in [6.07, 6.45) is 7.56. The zero-order valence-electron chi connectivity index (χ0n) is 11.9. The molecular weight excluding hydrogens is 212 g/mol. The molecule has 1 fully saturated rings. The van der Waals surface area contributed by atoms with Crippen LogP contribution in [0.2, 0.25) is 0 Å². The Balaban J connectivity index is 2.37. The van der Waals surface area contributed by atoms with Gasteiger partial charge in [-0.25, -0.2) is 0 Å². The summed E-state index contributed by atoms with van der Waals surface area (Å²) in [5.41, 5.74) is -0.158. The molecule has 0 radical (unpaired) electrons. The third-order valence-corrected chi connectivity index (χ3v) is 4.34. The summed E-state index contributed by atoms with van der Waals surface area (Å²) in [5.74, 6) is 1.59.